The van der Waals surface area contributed by atoms with Gasteiger partial charge in [0.15, 0.2) is 0 Å². The van der Waals surface area contributed by atoms with Crippen molar-refractivity contribution < 1.29 is 9.53 Å². The number of carbonyl (C=O) groups is 1. The smallest absolute Gasteiger partial charge is 0.338 e. The van der Waals surface area contributed by atoms with E-state index >= 15 is 0 Å². The van der Waals surface area contributed by atoms with Gasteiger partial charge in [-0.25, -0.2) is 4.79 Å². The molecule has 3 aromatic rings. The molecular weight excluding hydrogens is 487 g/mol. The number of esters is 1. The maximum atomic E-state index is 12.5. The summed E-state index contributed by atoms with van der Waals surface area (Å²) in [5.41, 5.74) is 1.75. The van der Waals surface area contributed by atoms with E-state index in [4.69, 9.17) is 74.3 Å². The van der Waals surface area contributed by atoms with Crippen LogP contribution in [0.15, 0.2) is 36.5 Å². The fourth-order valence-corrected chi connectivity index (χ4v) is 4.69. The number of aromatic nitrogens is 1. The van der Waals surface area contributed by atoms with E-state index in [0.717, 1.165) is 0 Å². The molecule has 0 unspecified atom stereocenters. The molecule has 1 aromatic heterocycles. The molecule has 0 atom stereocenters. The van der Waals surface area contributed by atoms with Crippen molar-refractivity contribution in [2.75, 3.05) is 7.11 Å². The summed E-state index contributed by atoms with van der Waals surface area (Å²) < 4.78 is 4.91. The summed E-state index contributed by atoms with van der Waals surface area (Å²) in [5.74, 6) is -0.609. The Morgan fingerprint density at radius 1 is 0.786 bits per heavy atom. The minimum Gasteiger partial charge on any atom is -0.465 e. The van der Waals surface area contributed by atoms with Gasteiger partial charge in [0.25, 0.3) is 0 Å². The molecule has 0 aliphatic heterocycles. The second kappa shape index (κ2) is 8.66. The quantitative estimate of drug-likeness (QED) is 0.344. The highest BCUT2D eigenvalue weighted by atomic mass is 35.5. The van der Waals surface area contributed by atoms with Gasteiger partial charge in [-0.3, -0.25) is 4.98 Å². The van der Waals surface area contributed by atoms with E-state index in [9.17, 15) is 4.79 Å². The lowest BCUT2D eigenvalue weighted by molar-refractivity contribution is 0.0601. The zero-order valence-corrected chi connectivity index (χ0v) is 18.5. The Labute approximate surface area is 191 Å². The molecule has 0 saturated carbocycles. The number of benzene rings is 2. The van der Waals surface area contributed by atoms with Crippen LogP contribution in [0.5, 0.6) is 0 Å². The van der Waals surface area contributed by atoms with Crippen LogP contribution in [-0.2, 0) is 4.74 Å². The molecule has 144 valence electrons. The topological polar surface area (TPSA) is 39.2 Å². The predicted molar refractivity (Wildman–Crippen MR) is 117 cm³/mol. The maximum Gasteiger partial charge on any atom is 0.338 e. The van der Waals surface area contributed by atoms with Gasteiger partial charge in [-0.15, -0.1) is 0 Å². The van der Waals surface area contributed by atoms with Gasteiger partial charge in [0.1, 0.15) is 0 Å². The fourth-order valence-electron chi connectivity index (χ4n) is 2.66. The first-order valence-corrected chi connectivity index (χ1v) is 9.88. The Morgan fingerprint density at radius 2 is 1.25 bits per heavy atom. The molecule has 0 amide bonds. The molecule has 28 heavy (non-hydrogen) atoms. The zero-order valence-electron chi connectivity index (χ0n) is 14.0. The monoisotopic (exact) mass is 493 g/mol. The van der Waals surface area contributed by atoms with E-state index < -0.39 is 5.97 Å². The van der Waals surface area contributed by atoms with E-state index in [2.05, 4.69) is 4.98 Å². The second-order valence-corrected chi connectivity index (χ2v) is 8.10. The van der Waals surface area contributed by atoms with Gasteiger partial charge >= 0.3 is 5.97 Å². The SMILES string of the molecule is COC(=O)c1cc(-c2c(Cl)cc(Cl)cc2Cl)ncc1-c1c(Cl)cc(Cl)cc1Cl. The van der Waals surface area contributed by atoms with Crippen molar-refractivity contribution in [3.63, 3.8) is 0 Å². The first-order chi connectivity index (χ1) is 13.2. The van der Waals surface area contributed by atoms with E-state index in [1.54, 1.807) is 0 Å². The lowest BCUT2D eigenvalue weighted by Crippen LogP contribution is -2.06. The third-order valence-corrected chi connectivity index (χ3v) is 5.48. The van der Waals surface area contributed by atoms with Crippen LogP contribution in [0.4, 0.5) is 0 Å². The van der Waals surface area contributed by atoms with Gasteiger partial charge in [0, 0.05) is 32.9 Å². The molecule has 0 radical (unpaired) electrons. The Balaban J connectivity index is 2.28. The average molecular weight is 496 g/mol. The summed E-state index contributed by atoms with van der Waals surface area (Å²) in [5, 5.41) is 1.85. The van der Waals surface area contributed by atoms with Crippen molar-refractivity contribution in [2.24, 2.45) is 0 Å². The third kappa shape index (κ3) is 4.20. The molecule has 3 nitrogen and oxygen atoms in total. The number of nitrogens with zero attached hydrogens (tertiary/aromatic N) is 1. The highest BCUT2D eigenvalue weighted by Gasteiger charge is 2.22. The number of halogens is 6. The summed E-state index contributed by atoms with van der Waals surface area (Å²) in [6.45, 7) is 0. The van der Waals surface area contributed by atoms with Crippen LogP contribution in [0.25, 0.3) is 22.4 Å². The van der Waals surface area contributed by atoms with Gasteiger partial charge in [-0.1, -0.05) is 69.6 Å². The Hall–Kier alpha value is -1.20. The van der Waals surface area contributed by atoms with Crippen molar-refractivity contribution in [2.45, 2.75) is 0 Å². The molecule has 2 aromatic carbocycles. The highest BCUT2D eigenvalue weighted by Crippen LogP contribution is 2.41. The lowest BCUT2D eigenvalue weighted by atomic mass is 9.99. The van der Waals surface area contributed by atoms with Crippen molar-refractivity contribution in [3.05, 3.63) is 72.2 Å². The van der Waals surface area contributed by atoms with Crippen LogP contribution in [0.1, 0.15) is 10.4 Å². The summed E-state index contributed by atoms with van der Waals surface area (Å²) in [7, 11) is 1.26. The summed E-state index contributed by atoms with van der Waals surface area (Å²) in [4.78, 5) is 16.8. The van der Waals surface area contributed by atoms with Crippen molar-refractivity contribution in [1.29, 1.82) is 0 Å². The number of methoxy groups -OCH3 is 1. The number of rotatable bonds is 3. The van der Waals surface area contributed by atoms with E-state index in [1.807, 2.05) is 0 Å². The van der Waals surface area contributed by atoms with Crippen LogP contribution >= 0.6 is 69.6 Å². The normalized spacial score (nSPS) is 10.8. The summed E-state index contributed by atoms with van der Waals surface area (Å²) in [6, 6.07) is 7.61. The second-order valence-electron chi connectivity index (χ2n) is 5.60. The molecule has 0 bridgehead atoms. The van der Waals surface area contributed by atoms with Gasteiger partial charge in [-0.2, -0.15) is 0 Å². The molecule has 9 heteroatoms. The summed E-state index contributed by atoms with van der Waals surface area (Å²) in [6.07, 6.45) is 1.45. The standard InChI is InChI=1S/C19H9Cl6NO2/c1-28-19(27)10-6-16(18-14(24)4-9(21)5-15(18)25)26-7-11(10)17-12(22)2-8(20)3-13(17)23/h2-7H,1H3. The molecule has 0 spiro atoms. The predicted octanol–water partition coefficient (Wildman–Crippen LogP) is 8.12. The summed E-state index contributed by atoms with van der Waals surface area (Å²) >= 11 is 37.1. The molecule has 0 N–H and O–H groups in total. The third-order valence-electron chi connectivity index (χ3n) is 3.85. The Bertz CT molecular complexity index is 1050. The van der Waals surface area contributed by atoms with Gasteiger partial charge in [0.2, 0.25) is 0 Å². The molecule has 0 aliphatic carbocycles. The lowest BCUT2D eigenvalue weighted by Gasteiger charge is -2.14. The number of hydrogen-bond donors (Lipinski definition) is 0. The van der Waals surface area contributed by atoms with Gasteiger partial charge in [-0.05, 0) is 30.3 Å². The van der Waals surface area contributed by atoms with Crippen molar-refractivity contribution in [3.8, 4) is 22.4 Å². The number of ether oxygens (including phenoxy) is 1. The molecule has 1 heterocycles. The Kier molecular flexibility index (Phi) is 6.65. The fraction of sp³-hybridized carbons (Fsp3) is 0.0526. The van der Waals surface area contributed by atoms with Crippen LogP contribution in [0.2, 0.25) is 30.1 Å². The van der Waals surface area contributed by atoms with Gasteiger partial charge in [0.05, 0.1) is 38.5 Å². The van der Waals surface area contributed by atoms with Crippen LogP contribution < -0.4 is 0 Å². The first kappa shape index (κ1) is 21.5. The number of carbonyl (C=O) groups excluding carboxylic acids is 1. The van der Waals surface area contributed by atoms with E-state index in [0.29, 0.717) is 32.4 Å². The van der Waals surface area contributed by atoms with Crippen LogP contribution in [0, 0.1) is 0 Å². The average Bonchev–Trinajstić information content (AvgIpc) is 2.60. The van der Waals surface area contributed by atoms with Crippen LogP contribution in [0.3, 0.4) is 0 Å². The van der Waals surface area contributed by atoms with Crippen LogP contribution in [-0.4, -0.2) is 18.1 Å². The van der Waals surface area contributed by atoms with E-state index in [-0.39, 0.29) is 25.7 Å². The minimum absolute atomic E-state index is 0.181. The number of hydrogen-bond acceptors (Lipinski definition) is 3. The largest absolute Gasteiger partial charge is 0.465 e. The zero-order chi connectivity index (χ0) is 20.6. The highest BCUT2D eigenvalue weighted by molar-refractivity contribution is 6.43. The molecule has 3 rings (SSSR count). The van der Waals surface area contributed by atoms with Gasteiger partial charge < -0.3 is 4.74 Å². The molecule has 0 aliphatic rings. The van der Waals surface area contributed by atoms with Crippen molar-refractivity contribution in [1.82, 2.24) is 4.98 Å². The molecule has 0 fully saturated rings. The molecular formula is C19H9Cl6NO2. The Morgan fingerprint density at radius 3 is 1.71 bits per heavy atom. The first-order valence-electron chi connectivity index (χ1n) is 7.61. The van der Waals surface area contributed by atoms with Crippen molar-refractivity contribution >= 4 is 75.6 Å². The molecule has 0 saturated heterocycles. The maximum absolute atomic E-state index is 12.5. The minimum atomic E-state index is -0.609. The number of pyridine rings is 1. The van der Waals surface area contributed by atoms with E-state index in [1.165, 1.54) is 43.6 Å².